The molecule has 1 aliphatic heterocycles. The number of hydrogen-bond donors (Lipinski definition) is 4. The molecule has 208 valence electrons. The SMILES string of the molecule is N#Cc1c(S[C@@H]2O[C@H](CO)[C@@H](O)[C@H](O)[C@H]2O)nc(-c2ccccc2)c(N=Nc2ccc(Cl)cc2)c1-c1ccccc1. The van der Waals surface area contributed by atoms with Crippen LogP contribution < -0.4 is 0 Å². The van der Waals surface area contributed by atoms with Gasteiger partial charge in [0.05, 0.1) is 23.6 Å². The van der Waals surface area contributed by atoms with Gasteiger partial charge in [-0.2, -0.15) is 10.4 Å². The van der Waals surface area contributed by atoms with Gasteiger partial charge in [0.1, 0.15) is 46.6 Å². The maximum absolute atomic E-state index is 10.7. The van der Waals surface area contributed by atoms with Gasteiger partial charge >= 0.3 is 0 Å². The molecule has 1 aromatic heterocycles. The molecule has 4 aromatic rings. The van der Waals surface area contributed by atoms with E-state index in [1.807, 2.05) is 60.7 Å². The van der Waals surface area contributed by atoms with Gasteiger partial charge < -0.3 is 25.2 Å². The monoisotopic (exact) mass is 588 g/mol. The lowest BCUT2D eigenvalue weighted by molar-refractivity contribution is -0.205. The quantitative estimate of drug-likeness (QED) is 0.214. The number of hydrogen-bond acceptors (Lipinski definition) is 10. The third-order valence-corrected chi connectivity index (χ3v) is 7.92. The molecule has 0 bridgehead atoms. The smallest absolute Gasteiger partial charge is 0.138 e. The van der Waals surface area contributed by atoms with Gasteiger partial charge in [0.2, 0.25) is 0 Å². The summed E-state index contributed by atoms with van der Waals surface area (Å²) < 4.78 is 5.72. The zero-order valence-electron chi connectivity index (χ0n) is 21.4. The van der Waals surface area contributed by atoms with Gasteiger partial charge in [0.25, 0.3) is 0 Å². The van der Waals surface area contributed by atoms with Crippen LogP contribution >= 0.6 is 23.4 Å². The molecule has 9 nitrogen and oxygen atoms in total. The number of pyridine rings is 1. The van der Waals surface area contributed by atoms with Gasteiger partial charge in [-0.05, 0) is 29.8 Å². The van der Waals surface area contributed by atoms with Gasteiger partial charge in [0.15, 0.2) is 0 Å². The van der Waals surface area contributed by atoms with Crippen molar-refractivity contribution >= 4 is 34.7 Å². The van der Waals surface area contributed by atoms with E-state index in [0.717, 1.165) is 11.8 Å². The highest BCUT2D eigenvalue weighted by molar-refractivity contribution is 7.99. The summed E-state index contributed by atoms with van der Waals surface area (Å²) in [6.07, 6.45) is -5.70. The second-order valence-corrected chi connectivity index (χ2v) is 10.7. The van der Waals surface area contributed by atoms with E-state index in [0.29, 0.717) is 38.8 Å². The lowest BCUT2D eigenvalue weighted by Crippen LogP contribution is -2.57. The number of rotatable bonds is 7. The molecule has 2 heterocycles. The third kappa shape index (κ3) is 6.17. The molecule has 1 saturated heterocycles. The predicted molar refractivity (Wildman–Crippen MR) is 155 cm³/mol. The van der Waals surface area contributed by atoms with Crippen LogP contribution in [0.15, 0.2) is 100 Å². The van der Waals surface area contributed by atoms with Gasteiger partial charge in [-0.3, -0.25) is 0 Å². The van der Waals surface area contributed by atoms with Crippen LogP contribution in [0.5, 0.6) is 0 Å². The van der Waals surface area contributed by atoms with Gasteiger partial charge in [-0.15, -0.1) is 5.11 Å². The number of azo groups is 1. The number of halogens is 1. The molecule has 5 rings (SSSR count). The van der Waals surface area contributed by atoms with E-state index in [-0.39, 0.29) is 10.6 Å². The van der Waals surface area contributed by atoms with Crippen LogP contribution in [0.25, 0.3) is 22.4 Å². The minimum Gasteiger partial charge on any atom is -0.394 e. The Bertz CT molecular complexity index is 1570. The fourth-order valence-electron chi connectivity index (χ4n) is 4.41. The zero-order chi connectivity index (χ0) is 28.9. The van der Waals surface area contributed by atoms with Crippen LogP contribution in [0.2, 0.25) is 5.02 Å². The van der Waals surface area contributed by atoms with E-state index < -0.39 is 36.5 Å². The first kappa shape index (κ1) is 28.9. The van der Waals surface area contributed by atoms with Crippen molar-refractivity contribution in [1.82, 2.24) is 4.98 Å². The highest BCUT2D eigenvalue weighted by Gasteiger charge is 2.44. The lowest BCUT2D eigenvalue weighted by Gasteiger charge is -2.39. The summed E-state index contributed by atoms with van der Waals surface area (Å²) >= 11 is 6.95. The van der Waals surface area contributed by atoms with Gasteiger partial charge in [0, 0.05) is 16.1 Å². The van der Waals surface area contributed by atoms with Crippen LogP contribution in [-0.4, -0.2) is 61.9 Å². The summed E-state index contributed by atoms with van der Waals surface area (Å²) in [6, 6.07) is 27.6. The number of aliphatic hydroxyl groups is 4. The molecule has 0 radical (unpaired) electrons. The Balaban J connectivity index is 1.72. The summed E-state index contributed by atoms with van der Waals surface area (Å²) in [4.78, 5) is 4.82. The summed E-state index contributed by atoms with van der Waals surface area (Å²) in [7, 11) is 0. The Kier molecular flexibility index (Phi) is 9.07. The molecule has 5 atom stereocenters. The molecule has 0 spiro atoms. The summed E-state index contributed by atoms with van der Waals surface area (Å²) in [6.45, 7) is -0.574. The van der Waals surface area contributed by atoms with E-state index in [9.17, 15) is 25.7 Å². The average Bonchev–Trinajstić information content (AvgIpc) is 3.01. The normalized spacial score (nSPS) is 22.5. The van der Waals surface area contributed by atoms with E-state index >= 15 is 0 Å². The fourth-order valence-corrected chi connectivity index (χ4v) is 5.67. The zero-order valence-corrected chi connectivity index (χ0v) is 23.0. The molecule has 1 fully saturated rings. The Hall–Kier alpha value is -3.66. The van der Waals surface area contributed by atoms with Crippen molar-refractivity contribution in [1.29, 1.82) is 5.26 Å². The molecule has 3 aromatic carbocycles. The predicted octanol–water partition coefficient (Wildman–Crippen LogP) is 5.25. The Morgan fingerprint density at radius 3 is 2.10 bits per heavy atom. The number of aliphatic hydroxyl groups excluding tert-OH is 4. The van der Waals surface area contributed by atoms with Crippen molar-refractivity contribution in [2.75, 3.05) is 6.61 Å². The molecule has 0 unspecified atom stereocenters. The summed E-state index contributed by atoms with van der Waals surface area (Å²) in [5.41, 5.74) is 2.19. The van der Waals surface area contributed by atoms with E-state index in [2.05, 4.69) is 16.3 Å². The number of aromatic nitrogens is 1. The Morgan fingerprint density at radius 2 is 1.49 bits per heavy atom. The van der Waals surface area contributed by atoms with Gasteiger partial charge in [-0.1, -0.05) is 84.0 Å². The summed E-state index contributed by atoms with van der Waals surface area (Å²) in [5, 5.41) is 61.2. The molecule has 0 amide bonds. The maximum atomic E-state index is 10.7. The lowest BCUT2D eigenvalue weighted by atomic mass is 9.96. The van der Waals surface area contributed by atoms with Crippen LogP contribution in [0.4, 0.5) is 11.4 Å². The maximum Gasteiger partial charge on any atom is 0.138 e. The number of nitriles is 1. The molecule has 4 N–H and O–H groups in total. The minimum atomic E-state index is -1.57. The van der Waals surface area contributed by atoms with Gasteiger partial charge in [-0.25, -0.2) is 4.98 Å². The first-order chi connectivity index (χ1) is 19.9. The van der Waals surface area contributed by atoms with Crippen molar-refractivity contribution in [3.63, 3.8) is 0 Å². The van der Waals surface area contributed by atoms with Crippen molar-refractivity contribution < 1.29 is 25.2 Å². The van der Waals surface area contributed by atoms with E-state index in [1.54, 1.807) is 24.3 Å². The molecule has 0 aliphatic carbocycles. The number of nitrogens with zero attached hydrogens (tertiary/aromatic N) is 4. The number of thioether (sulfide) groups is 1. The molecule has 0 saturated carbocycles. The highest BCUT2D eigenvalue weighted by atomic mass is 35.5. The topological polar surface area (TPSA) is 152 Å². The minimum absolute atomic E-state index is 0.155. The van der Waals surface area contributed by atoms with Crippen molar-refractivity contribution in [2.24, 2.45) is 10.2 Å². The third-order valence-electron chi connectivity index (χ3n) is 6.53. The molecular weight excluding hydrogens is 564 g/mol. The van der Waals surface area contributed by atoms with E-state index in [1.165, 1.54) is 0 Å². The van der Waals surface area contributed by atoms with Crippen molar-refractivity contribution in [2.45, 2.75) is 34.9 Å². The number of benzene rings is 3. The fraction of sp³-hybridized carbons (Fsp3) is 0.200. The van der Waals surface area contributed by atoms with Crippen molar-refractivity contribution in [3.8, 4) is 28.5 Å². The molecule has 11 heteroatoms. The second-order valence-electron chi connectivity index (χ2n) is 9.20. The van der Waals surface area contributed by atoms with E-state index in [4.69, 9.17) is 21.3 Å². The second kappa shape index (κ2) is 12.9. The molecule has 1 aliphatic rings. The van der Waals surface area contributed by atoms with Crippen LogP contribution in [0.3, 0.4) is 0 Å². The first-order valence-corrected chi connectivity index (χ1v) is 13.9. The standard InChI is InChI=1S/C30H25ClN4O5S/c31-19-11-13-20(14-12-19)34-35-25-23(17-7-3-1-4-8-17)21(15-32)29(33-24(25)18-9-5-2-6-10-18)41-30-28(39)27(38)26(37)22(16-36)40-30/h1-14,22,26-28,30,36-39H,16H2/t22-,26-,27+,28-,30+/m1/s1. The number of ether oxygens (including phenoxy) is 1. The Morgan fingerprint density at radius 1 is 0.854 bits per heavy atom. The largest absolute Gasteiger partial charge is 0.394 e. The van der Waals surface area contributed by atoms with Crippen LogP contribution in [0.1, 0.15) is 5.56 Å². The van der Waals surface area contributed by atoms with Crippen LogP contribution in [-0.2, 0) is 4.74 Å². The molecule has 41 heavy (non-hydrogen) atoms. The van der Waals surface area contributed by atoms with Crippen molar-refractivity contribution in [3.05, 3.63) is 95.5 Å². The molecular formula is C30H25ClN4O5S. The summed E-state index contributed by atoms with van der Waals surface area (Å²) in [5.74, 6) is 0. The first-order valence-electron chi connectivity index (χ1n) is 12.6. The van der Waals surface area contributed by atoms with Crippen LogP contribution in [0, 0.1) is 11.3 Å². The Labute approximate surface area is 245 Å². The average molecular weight is 589 g/mol. The highest BCUT2D eigenvalue weighted by Crippen LogP contribution is 2.46.